The molecule has 0 spiro atoms. The molecule has 5 nitrogen and oxygen atoms in total. The normalized spacial score (nSPS) is 12.1. The van der Waals surface area contributed by atoms with E-state index >= 15 is 0 Å². The van der Waals surface area contributed by atoms with Crippen LogP contribution in [0, 0.1) is 0 Å². The molecule has 0 heterocycles. The fraction of sp³-hybridized carbons (Fsp3) is 0.778. The van der Waals surface area contributed by atoms with Crippen LogP contribution in [0.2, 0.25) is 0 Å². The van der Waals surface area contributed by atoms with Gasteiger partial charge in [0.05, 0.1) is 6.10 Å². The van der Waals surface area contributed by atoms with Gasteiger partial charge in [0.2, 0.25) is 5.91 Å². The Labute approximate surface area is 83.1 Å². The van der Waals surface area contributed by atoms with Crippen molar-refractivity contribution in [3.63, 3.8) is 0 Å². The number of aliphatic hydroxyl groups excluding tert-OH is 1. The van der Waals surface area contributed by atoms with E-state index in [0.717, 1.165) is 0 Å². The number of carboxylic acids is 1. The molecule has 0 bridgehead atoms. The van der Waals surface area contributed by atoms with Crippen LogP contribution < -0.4 is 5.32 Å². The minimum Gasteiger partial charge on any atom is -0.481 e. The van der Waals surface area contributed by atoms with Gasteiger partial charge in [0.15, 0.2) is 0 Å². The van der Waals surface area contributed by atoms with E-state index in [2.05, 4.69) is 5.32 Å². The first-order valence-corrected chi connectivity index (χ1v) is 4.69. The minimum atomic E-state index is -0.839. The van der Waals surface area contributed by atoms with Crippen LogP contribution in [0.4, 0.5) is 0 Å². The summed E-state index contributed by atoms with van der Waals surface area (Å²) in [5, 5.41) is 19.7. The standard InChI is InChI=1S/C9H17NO4/c1-7(11)6-10-8(12)4-2-3-5-9(13)14/h7,11H,2-6H2,1H3,(H,10,12)(H,13,14)/t7-/m0/s1. The molecule has 1 atom stereocenters. The van der Waals surface area contributed by atoms with Gasteiger partial charge in [-0.25, -0.2) is 0 Å². The van der Waals surface area contributed by atoms with Crippen LogP contribution in [0.15, 0.2) is 0 Å². The number of aliphatic hydroxyl groups is 1. The van der Waals surface area contributed by atoms with E-state index in [1.54, 1.807) is 6.92 Å². The monoisotopic (exact) mass is 203 g/mol. The van der Waals surface area contributed by atoms with Crippen molar-refractivity contribution in [1.82, 2.24) is 5.32 Å². The van der Waals surface area contributed by atoms with Crippen molar-refractivity contribution in [3.8, 4) is 0 Å². The largest absolute Gasteiger partial charge is 0.481 e. The number of carboxylic acid groups (broad SMARTS) is 1. The lowest BCUT2D eigenvalue weighted by Crippen LogP contribution is -2.30. The summed E-state index contributed by atoms with van der Waals surface area (Å²) in [7, 11) is 0. The van der Waals surface area contributed by atoms with Crippen LogP contribution in [0.25, 0.3) is 0 Å². The molecule has 0 radical (unpaired) electrons. The summed E-state index contributed by atoms with van der Waals surface area (Å²) in [6.07, 6.45) is 0.956. The Balaban J connectivity index is 3.31. The van der Waals surface area contributed by atoms with Crippen LogP contribution in [0.1, 0.15) is 32.6 Å². The highest BCUT2D eigenvalue weighted by Crippen LogP contribution is 1.99. The number of aliphatic carboxylic acids is 1. The quantitative estimate of drug-likeness (QED) is 0.513. The van der Waals surface area contributed by atoms with Gasteiger partial charge in [0, 0.05) is 19.4 Å². The molecule has 82 valence electrons. The van der Waals surface area contributed by atoms with Crippen molar-refractivity contribution in [2.45, 2.75) is 38.7 Å². The maximum absolute atomic E-state index is 11.0. The number of hydrogen-bond donors (Lipinski definition) is 3. The summed E-state index contributed by atoms with van der Waals surface area (Å²) in [6, 6.07) is 0. The van der Waals surface area contributed by atoms with E-state index in [9.17, 15) is 9.59 Å². The fourth-order valence-corrected chi connectivity index (χ4v) is 0.912. The molecular formula is C9H17NO4. The molecule has 0 aliphatic carbocycles. The number of hydrogen-bond acceptors (Lipinski definition) is 3. The Morgan fingerprint density at radius 1 is 1.29 bits per heavy atom. The number of unbranched alkanes of at least 4 members (excludes halogenated alkanes) is 1. The smallest absolute Gasteiger partial charge is 0.303 e. The molecular weight excluding hydrogens is 186 g/mol. The highest BCUT2D eigenvalue weighted by molar-refractivity contribution is 5.75. The van der Waals surface area contributed by atoms with E-state index in [-0.39, 0.29) is 18.9 Å². The Hall–Kier alpha value is -1.10. The Morgan fingerprint density at radius 2 is 1.86 bits per heavy atom. The second-order valence-electron chi connectivity index (χ2n) is 3.25. The van der Waals surface area contributed by atoms with Crippen LogP contribution >= 0.6 is 0 Å². The summed E-state index contributed by atoms with van der Waals surface area (Å²) in [5.74, 6) is -0.981. The average Bonchev–Trinajstić information content (AvgIpc) is 2.08. The van der Waals surface area contributed by atoms with Crippen molar-refractivity contribution >= 4 is 11.9 Å². The Kier molecular flexibility index (Phi) is 6.74. The van der Waals surface area contributed by atoms with Gasteiger partial charge in [-0.3, -0.25) is 9.59 Å². The Morgan fingerprint density at radius 3 is 2.36 bits per heavy atom. The molecule has 0 fully saturated rings. The molecule has 0 aliphatic rings. The molecule has 0 aromatic heterocycles. The molecule has 0 aliphatic heterocycles. The molecule has 0 unspecified atom stereocenters. The summed E-state index contributed by atoms with van der Waals surface area (Å²) in [5.41, 5.74) is 0. The van der Waals surface area contributed by atoms with Gasteiger partial charge in [-0.2, -0.15) is 0 Å². The number of carbonyl (C=O) groups is 2. The van der Waals surface area contributed by atoms with Crippen molar-refractivity contribution in [2.24, 2.45) is 0 Å². The van der Waals surface area contributed by atoms with E-state index in [4.69, 9.17) is 10.2 Å². The number of carbonyl (C=O) groups excluding carboxylic acids is 1. The van der Waals surface area contributed by atoms with E-state index in [0.29, 0.717) is 19.3 Å². The average molecular weight is 203 g/mol. The predicted octanol–water partition coefficient (Wildman–Crippen LogP) is 0.128. The molecule has 14 heavy (non-hydrogen) atoms. The number of nitrogens with one attached hydrogen (secondary N) is 1. The van der Waals surface area contributed by atoms with Crippen LogP contribution in [-0.4, -0.2) is 34.7 Å². The van der Waals surface area contributed by atoms with Crippen molar-refractivity contribution < 1.29 is 19.8 Å². The van der Waals surface area contributed by atoms with Crippen molar-refractivity contribution in [1.29, 1.82) is 0 Å². The van der Waals surface area contributed by atoms with Crippen LogP contribution in [0.3, 0.4) is 0 Å². The van der Waals surface area contributed by atoms with E-state index < -0.39 is 12.1 Å². The van der Waals surface area contributed by atoms with Gasteiger partial charge in [0.25, 0.3) is 0 Å². The maximum Gasteiger partial charge on any atom is 0.303 e. The van der Waals surface area contributed by atoms with Gasteiger partial charge in [-0.15, -0.1) is 0 Å². The zero-order valence-electron chi connectivity index (χ0n) is 8.32. The topological polar surface area (TPSA) is 86.6 Å². The molecule has 0 saturated carbocycles. The molecule has 0 rings (SSSR count). The van der Waals surface area contributed by atoms with Gasteiger partial charge in [-0.05, 0) is 19.8 Å². The van der Waals surface area contributed by atoms with Gasteiger partial charge >= 0.3 is 5.97 Å². The molecule has 5 heteroatoms. The highest BCUT2D eigenvalue weighted by atomic mass is 16.4. The first-order valence-electron chi connectivity index (χ1n) is 4.69. The first-order chi connectivity index (χ1) is 6.52. The summed E-state index contributed by atoms with van der Waals surface area (Å²) >= 11 is 0. The molecule has 1 amide bonds. The van der Waals surface area contributed by atoms with Gasteiger partial charge in [-0.1, -0.05) is 0 Å². The predicted molar refractivity (Wildman–Crippen MR) is 50.8 cm³/mol. The third-order valence-corrected chi connectivity index (χ3v) is 1.64. The molecule has 0 aromatic carbocycles. The Bertz CT molecular complexity index is 191. The summed E-state index contributed by atoms with van der Waals surface area (Å²) in [6.45, 7) is 1.84. The summed E-state index contributed by atoms with van der Waals surface area (Å²) < 4.78 is 0. The molecule has 0 aromatic rings. The van der Waals surface area contributed by atoms with Crippen molar-refractivity contribution in [2.75, 3.05) is 6.54 Å². The number of amides is 1. The third-order valence-electron chi connectivity index (χ3n) is 1.64. The lowest BCUT2D eigenvalue weighted by molar-refractivity contribution is -0.137. The van der Waals surface area contributed by atoms with Crippen LogP contribution in [-0.2, 0) is 9.59 Å². The second-order valence-corrected chi connectivity index (χ2v) is 3.25. The first kappa shape index (κ1) is 12.9. The zero-order valence-corrected chi connectivity index (χ0v) is 8.32. The lowest BCUT2D eigenvalue weighted by Gasteiger charge is -2.06. The zero-order chi connectivity index (χ0) is 11.0. The van der Waals surface area contributed by atoms with E-state index in [1.807, 2.05) is 0 Å². The van der Waals surface area contributed by atoms with Crippen molar-refractivity contribution in [3.05, 3.63) is 0 Å². The molecule has 3 N–H and O–H groups in total. The third kappa shape index (κ3) is 8.99. The minimum absolute atomic E-state index is 0.101. The van der Waals surface area contributed by atoms with Crippen LogP contribution in [0.5, 0.6) is 0 Å². The van der Waals surface area contributed by atoms with Gasteiger partial charge < -0.3 is 15.5 Å². The second kappa shape index (κ2) is 7.32. The highest BCUT2D eigenvalue weighted by Gasteiger charge is 2.03. The number of rotatable bonds is 7. The maximum atomic E-state index is 11.0. The SMILES string of the molecule is C[C@H](O)CNC(=O)CCCCC(=O)O. The summed E-state index contributed by atoms with van der Waals surface area (Å²) in [4.78, 5) is 21.1. The fourth-order valence-electron chi connectivity index (χ4n) is 0.912. The van der Waals surface area contributed by atoms with E-state index in [1.165, 1.54) is 0 Å². The molecule has 0 saturated heterocycles. The lowest BCUT2D eigenvalue weighted by atomic mass is 10.2. The van der Waals surface area contributed by atoms with Gasteiger partial charge in [0.1, 0.15) is 0 Å².